The molecule has 3 aromatic rings. The van der Waals surface area contributed by atoms with Crippen molar-refractivity contribution in [3.8, 4) is 11.8 Å². The van der Waals surface area contributed by atoms with Crippen molar-refractivity contribution >= 4 is 46.0 Å². The largest absolute Gasteiger partial charge is 0.457 e. The minimum Gasteiger partial charge on any atom is -0.457 e. The molecule has 10 heteroatoms. The van der Waals surface area contributed by atoms with Gasteiger partial charge in [-0.2, -0.15) is 20.6 Å². The average molecular weight is 519 g/mol. The Hall–Kier alpha value is -4.29. The van der Waals surface area contributed by atoms with Crippen LogP contribution in [-0.2, 0) is 9.53 Å². The molecule has 3 aromatic carbocycles. The van der Waals surface area contributed by atoms with Crippen LogP contribution >= 0.6 is 11.6 Å². The van der Waals surface area contributed by atoms with Gasteiger partial charge in [-0.05, 0) is 67.6 Å². The van der Waals surface area contributed by atoms with Crippen LogP contribution in [0.4, 0.5) is 28.4 Å². The molecule has 0 saturated carbocycles. The normalized spacial score (nSPS) is 11.0. The van der Waals surface area contributed by atoms with E-state index in [9.17, 15) is 4.79 Å². The van der Waals surface area contributed by atoms with Gasteiger partial charge in [-0.1, -0.05) is 18.5 Å². The van der Waals surface area contributed by atoms with Crippen molar-refractivity contribution < 1.29 is 14.3 Å². The molecule has 37 heavy (non-hydrogen) atoms. The van der Waals surface area contributed by atoms with Gasteiger partial charge < -0.3 is 14.4 Å². The number of benzene rings is 3. The molecule has 0 heterocycles. The smallest absolute Gasteiger partial charge is 0.308 e. The Morgan fingerprint density at radius 2 is 1.51 bits per heavy atom. The zero-order chi connectivity index (χ0) is 26.5. The number of hydrogen-bond acceptors (Lipinski definition) is 9. The maximum Gasteiger partial charge on any atom is 0.308 e. The first-order valence-corrected chi connectivity index (χ1v) is 12.1. The Morgan fingerprint density at radius 3 is 2.05 bits per heavy atom. The fraction of sp³-hybridized carbons (Fsp3) is 0.259. The Labute approximate surface area is 221 Å². The van der Waals surface area contributed by atoms with Gasteiger partial charge in [-0.15, -0.1) is 5.11 Å². The first-order chi connectivity index (χ1) is 18.0. The van der Waals surface area contributed by atoms with Crippen LogP contribution in [0.5, 0.6) is 5.75 Å². The lowest BCUT2D eigenvalue weighted by Crippen LogP contribution is -2.23. The Kier molecular flexibility index (Phi) is 10.6. The van der Waals surface area contributed by atoms with Gasteiger partial charge in [0.05, 0.1) is 34.6 Å². The minimum atomic E-state index is -0.342. The molecule has 0 aromatic heterocycles. The Morgan fingerprint density at radius 1 is 0.919 bits per heavy atom. The summed E-state index contributed by atoms with van der Waals surface area (Å²) in [5, 5.41) is 26.1. The van der Waals surface area contributed by atoms with Gasteiger partial charge in [0.15, 0.2) is 0 Å². The summed E-state index contributed by atoms with van der Waals surface area (Å²) in [7, 11) is 0. The second kappa shape index (κ2) is 14.3. The molecular formula is C27H27ClN6O3. The predicted molar refractivity (Wildman–Crippen MR) is 143 cm³/mol. The van der Waals surface area contributed by atoms with Crippen LogP contribution in [-0.4, -0.2) is 25.9 Å². The molecule has 0 saturated heterocycles. The molecule has 0 atom stereocenters. The van der Waals surface area contributed by atoms with E-state index >= 15 is 0 Å². The summed E-state index contributed by atoms with van der Waals surface area (Å²) < 4.78 is 10.2. The zero-order valence-electron chi connectivity index (χ0n) is 20.7. The number of carbonyl (C=O) groups is 1. The fourth-order valence-electron chi connectivity index (χ4n) is 3.12. The van der Waals surface area contributed by atoms with E-state index in [0.29, 0.717) is 40.8 Å². The molecule has 0 amide bonds. The van der Waals surface area contributed by atoms with Crippen LogP contribution in [0.2, 0.25) is 5.02 Å². The quantitative estimate of drug-likeness (QED) is 0.136. The number of esters is 1. The zero-order valence-corrected chi connectivity index (χ0v) is 21.4. The van der Waals surface area contributed by atoms with Gasteiger partial charge in [-0.25, -0.2) is 0 Å². The highest BCUT2D eigenvalue weighted by Crippen LogP contribution is 2.31. The summed E-state index contributed by atoms with van der Waals surface area (Å²) >= 11 is 6.26. The number of carbonyl (C=O) groups excluding carboxylic acids is 1. The van der Waals surface area contributed by atoms with Gasteiger partial charge in [0.2, 0.25) is 6.79 Å². The van der Waals surface area contributed by atoms with Crippen LogP contribution < -0.4 is 9.64 Å². The van der Waals surface area contributed by atoms with E-state index in [0.717, 1.165) is 17.9 Å². The first kappa shape index (κ1) is 27.3. The van der Waals surface area contributed by atoms with E-state index in [1.54, 1.807) is 49.4 Å². The molecule has 0 spiro atoms. The van der Waals surface area contributed by atoms with Crippen molar-refractivity contribution in [1.29, 1.82) is 5.26 Å². The van der Waals surface area contributed by atoms with E-state index < -0.39 is 0 Å². The van der Waals surface area contributed by atoms with Gasteiger partial charge in [0.1, 0.15) is 11.4 Å². The third-order valence-corrected chi connectivity index (χ3v) is 5.45. The molecule has 0 fully saturated rings. The molecule has 190 valence electrons. The minimum absolute atomic E-state index is 0.181. The van der Waals surface area contributed by atoms with Crippen LogP contribution in [0, 0.1) is 11.3 Å². The summed E-state index contributed by atoms with van der Waals surface area (Å²) in [5.41, 5.74) is 3.56. The number of rotatable bonds is 12. The van der Waals surface area contributed by atoms with Gasteiger partial charge >= 0.3 is 5.97 Å². The van der Waals surface area contributed by atoms with E-state index in [2.05, 4.69) is 38.3 Å². The first-order valence-electron chi connectivity index (χ1n) is 11.8. The summed E-state index contributed by atoms with van der Waals surface area (Å²) in [6.45, 7) is 5.11. The number of anilines is 1. The summed E-state index contributed by atoms with van der Waals surface area (Å²) in [6, 6.07) is 22.0. The van der Waals surface area contributed by atoms with E-state index in [1.807, 2.05) is 24.3 Å². The molecule has 9 nitrogen and oxygen atoms in total. The molecule has 0 aliphatic rings. The van der Waals surface area contributed by atoms with E-state index in [4.69, 9.17) is 26.3 Å². The second-order valence-corrected chi connectivity index (χ2v) is 8.07. The summed E-state index contributed by atoms with van der Waals surface area (Å²) in [5.74, 6) is 0.115. The lowest BCUT2D eigenvalue weighted by molar-refractivity contribution is -0.149. The Bertz CT molecular complexity index is 1270. The molecule has 0 aliphatic heterocycles. The number of hydrogen-bond donors (Lipinski definition) is 0. The van der Waals surface area contributed by atoms with Crippen molar-refractivity contribution in [3.63, 3.8) is 0 Å². The standard InChI is InChI=1S/C27H27ClN6O3/c1-3-27(35)37-19-36-24-14-15-26(25(28)18-24)33-32-21-8-6-20(7-9-21)30-31-22-10-12-23(13-11-22)34(4-2)17-5-16-29/h6-15,18H,3-5,17,19H2,1-2H3. The topological polar surface area (TPSA) is 112 Å². The van der Waals surface area contributed by atoms with Crippen molar-refractivity contribution in [2.45, 2.75) is 26.7 Å². The Balaban J connectivity index is 1.56. The monoisotopic (exact) mass is 518 g/mol. The van der Waals surface area contributed by atoms with Crippen molar-refractivity contribution in [2.75, 3.05) is 24.8 Å². The van der Waals surface area contributed by atoms with Crippen molar-refractivity contribution in [3.05, 3.63) is 71.8 Å². The highest BCUT2D eigenvalue weighted by Gasteiger charge is 2.05. The third kappa shape index (κ3) is 8.70. The second-order valence-electron chi connectivity index (χ2n) is 7.67. The van der Waals surface area contributed by atoms with Crippen molar-refractivity contribution in [1.82, 2.24) is 0 Å². The highest BCUT2D eigenvalue weighted by atomic mass is 35.5. The number of nitrogens with zero attached hydrogens (tertiary/aromatic N) is 6. The van der Waals surface area contributed by atoms with Crippen molar-refractivity contribution in [2.24, 2.45) is 20.5 Å². The van der Waals surface area contributed by atoms with Crippen LogP contribution in [0.15, 0.2) is 87.2 Å². The lowest BCUT2D eigenvalue weighted by Gasteiger charge is -2.21. The number of halogens is 1. The molecule has 0 radical (unpaired) electrons. The molecule has 0 bridgehead atoms. The number of azo groups is 2. The molecule has 3 rings (SSSR count). The maximum atomic E-state index is 11.2. The molecular weight excluding hydrogens is 492 g/mol. The van der Waals surface area contributed by atoms with Gasteiger partial charge in [-0.3, -0.25) is 4.79 Å². The van der Waals surface area contributed by atoms with E-state index in [1.165, 1.54) is 0 Å². The molecule has 0 N–H and O–H groups in total. The summed E-state index contributed by atoms with van der Waals surface area (Å²) in [4.78, 5) is 13.3. The molecule has 0 aliphatic carbocycles. The number of ether oxygens (including phenoxy) is 2. The van der Waals surface area contributed by atoms with Gasteiger partial charge in [0, 0.05) is 31.3 Å². The SMILES string of the molecule is CCC(=O)OCOc1ccc(N=Nc2ccc(N=Nc3ccc(N(CC)CCC#N)cc3)cc2)c(Cl)c1. The fourth-order valence-corrected chi connectivity index (χ4v) is 3.33. The van der Waals surface area contributed by atoms with Crippen LogP contribution in [0.25, 0.3) is 0 Å². The molecule has 0 unspecified atom stereocenters. The number of nitriles is 1. The van der Waals surface area contributed by atoms with Gasteiger partial charge in [0.25, 0.3) is 0 Å². The average Bonchev–Trinajstić information content (AvgIpc) is 2.93. The highest BCUT2D eigenvalue weighted by molar-refractivity contribution is 6.33. The lowest BCUT2D eigenvalue weighted by atomic mass is 10.2. The van der Waals surface area contributed by atoms with Crippen LogP contribution in [0.1, 0.15) is 26.7 Å². The predicted octanol–water partition coefficient (Wildman–Crippen LogP) is 8.20. The van der Waals surface area contributed by atoms with E-state index in [-0.39, 0.29) is 19.2 Å². The summed E-state index contributed by atoms with van der Waals surface area (Å²) in [6.07, 6.45) is 0.767. The maximum absolute atomic E-state index is 11.2. The van der Waals surface area contributed by atoms with Crippen LogP contribution in [0.3, 0.4) is 0 Å². The third-order valence-electron chi connectivity index (χ3n) is 5.15.